The van der Waals surface area contributed by atoms with E-state index in [1.807, 2.05) is 18.2 Å². The standard InChI is InChI=1S/C15H14BrClFNO/c1-20-15-5-2-10(16)6-9(15)7-14(19)12-4-3-11(17)8-13(12)18/h2-6,8,14H,7,19H2,1H3. The maximum absolute atomic E-state index is 13.9. The van der Waals surface area contributed by atoms with Crippen LogP contribution in [0.1, 0.15) is 17.2 Å². The van der Waals surface area contributed by atoms with Crippen LogP contribution in [-0.4, -0.2) is 7.11 Å². The molecule has 0 saturated carbocycles. The lowest BCUT2D eigenvalue weighted by atomic mass is 9.98. The molecule has 0 aliphatic carbocycles. The van der Waals surface area contributed by atoms with Crippen molar-refractivity contribution in [2.24, 2.45) is 5.73 Å². The zero-order chi connectivity index (χ0) is 14.7. The lowest BCUT2D eigenvalue weighted by Gasteiger charge is -2.16. The third-order valence-corrected chi connectivity index (χ3v) is 3.77. The van der Waals surface area contributed by atoms with Gasteiger partial charge in [0.1, 0.15) is 11.6 Å². The van der Waals surface area contributed by atoms with Gasteiger partial charge >= 0.3 is 0 Å². The van der Waals surface area contributed by atoms with Crippen LogP contribution in [0, 0.1) is 5.82 Å². The molecule has 2 N–H and O–H groups in total. The van der Waals surface area contributed by atoms with Crippen LogP contribution in [0.2, 0.25) is 5.02 Å². The average molecular weight is 359 g/mol. The predicted molar refractivity (Wildman–Crippen MR) is 82.7 cm³/mol. The van der Waals surface area contributed by atoms with Gasteiger partial charge in [-0.2, -0.15) is 0 Å². The van der Waals surface area contributed by atoms with E-state index in [1.54, 1.807) is 19.2 Å². The second-order valence-corrected chi connectivity index (χ2v) is 5.78. The second kappa shape index (κ2) is 6.57. The molecule has 0 radical (unpaired) electrons. The summed E-state index contributed by atoms with van der Waals surface area (Å²) in [6, 6.07) is 9.73. The van der Waals surface area contributed by atoms with E-state index < -0.39 is 6.04 Å². The van der Waals surface area contributed by atoms with Gasteiger partial charge in [0.25, 0.3) is 0 Å². The molecule has 2 rings (SSSR count). The van der Waals surface area contributed by atoms with Gasteiger partial charge in [-0.1, -0.05) is 33.6 Å². The van der Waals surface area contributed by atoms with E-state index in [9.17, 15) is 4.39 Å². The van der Waals surface area contributed by atoms with Crippen molar-refractivity contribution in [1.29, 1.82) is 0 Å². The molecule has 0 saturated heterocycles. The van der Waals surface area contributed by atoms with Crippen molar-refractivity contribution in [3.8, 4) is 5.75 Å². The highest BCUT2D eigenvalue weighted by molar-refractivity contribution is 9.10. The molecule has 0 aliphatic heterocycles. The maximum atomic E-state index is 13.9. The smallest absolute Gasteiger partial charge is 0.129 e. The van der Waals surface area contributed by atoms with Crippen molar-refractivity contribution in [2.45, 2.75) is 12.5 Å². The quantitative estimate of drug-likeness (QED) is 0.874. The number of nitrogens with two attached hydrogens (primary N) is 1. The third kappa shape index (κ3) is 3.51. The monoisotopic (exact) mass is 357 g/mol. The molecule has 0 aliphatic rings. The largest absolute Gasteiger partial charge is 0.496 e. The van der Waals surface area contributed by atoms with Crippen molar-refractivity contribution >= 4 is 27.5 Å². The zero-order valence-electron chi connectivity index (χ0n) is 10.9. The van der Waals surface area contributed by atoms with Crippen molar-refractivity contribution < 1.29 is 9.13 Å². The molecule has 5 heteroatoms. The summed E-state index contributed by atoms with van der Waals surface area (Å²) in [6.07, 6.45) is 0.473. The van der Waals surface area contributed by atoms with E-state index in [0.29, 0.717) is 17.0 Å². The topological polar surface area (TPSA) is 35.2 Å². The van der Waals surface area contributed by atoms with Gasteiger partial charge in [0.05, 0.1) is 7.11 Å². The summed E-state index contributed by atoms with van der Waals surface area (Å²) in [4.78, 5) is 0. The third-order valence-electron chi connectivity index (χ3n) is 3.04. The number of methoxy groups -OCH3 is 1. The van der Waals surface area contributed by atoms with Gasteiger partial charge in [-0.15, -0.1) is 0 Å². The molecule has 2 nitrogen and oxygen atoms in total. The van der Waals surface area contributed by atoms with Crippen molar-refractivity contribution in [1.82, 2.24) is 0 Å². The Morgan fingerprint density at radius 3 is 2.70 bits per heavy atom. The van der Waals surface area contributed by atoms with Crippen LogP contribution in [0.3, 0.4) is 0 Å². The van der Waals surface area contributed by atoms with Crippen LogP contribution < -0.4 is 10.5 Å². The molecule has 20 heavy (non-hydrogen) atoms. The van der Waals surface area contributed by atoms with Gasteiger partial charge in [0.2, 0.25) is 0 Å². The van der Waals surface area contributed by atoms with Gasteiger partial charge in [-0.3, -0.25) is 0 Å². The van der Waals surface area contributed by atoms with E-state index in [4.69, 9.17) is 22.1 Å². The van der Waals surface area contributed by atoms with Crippen LogP contribution in [0.15, 0.2) is 40.9 Å². The molecule has 2 aromatic carbocycles. The summed E-state index contributed by atoms with van der Waals surface area (Å²) >= 11 is 9.15. The lowest BCUT2D eigenvalue weighted by molar-refractivity contribution is 0.407. The Hall–Kier alpha value is -1.10. The number of hydrogen-bond acceptors (Lipinski definition) is 2. The first-order valence-electron chi connectivity index (χ1n) is 6.04. The highest BCUT2D eigenvalue weighted by Gasteiger charge is 2.15. The van der Waals surface area contributed by atoms with Gasteiger partial charge < -0.3 is 10.5 Å². The fraction of sp³-hybridized carbons (Fsp3) is 0.200. The Morgan fingerprint density at radius 2 is 2.05 bits per heavy atom. The van der Waals surface area contributed by atoms with Crippen LogP contribution in [0.4, 0.5) is 4.39 Å². The highest BCUT2D eigenvalue weighted by atomic mass is 79.9. The summed E-state index contributed by atoms with van der Waals surface area (Å²) in [6.45, 7) is 0. The fourth-order valence-electron chi connectivity index (χ4n) is 2.06. The highest BCUT2D eigenvalue weighted by Crippen LogP contribution is 2.28. The molecule has 106 valence electrons. The fourth-order valence-corrected chi connectivity index (χ4v) is 2.62. The van der Waals surface area contributed by atoms with E-state index in [1.165, 1.54) is 6.07 Å². The molecule has 0 fully saturated rings. The van der Waals surface area contributed by atoms with Crippen LogP contribution in [0.25, 0.3) is 0 Å². The SMILES string of the molecule is COc1ccc(Br)cc1CC(N)c1ccc(Cl)cc1F. The lowest BCUT2D eigenvalue weighted by Crippen LogP contribution is -2.15. The normalized spacial score (nSPS) is 12.2. The zero-order valence-corrected chi connectivity index (χ0v) is 13.2. The van der Waals surface area contributed by atoms with E-state index in [2.05, 4.69) is 15.9 Å². The van der Waals surface area contributed by atoms with Crippen LogP contribution >= 0.6 is 27.5 Å². The summed E-state index contributed by atoms with van der Waals surface area (Å²) < 4.78 is 20.1. The summed E-state index contributed by atoms with van der Waals surface area (Å²) in [5, 5.41) is 0.360. The van der Waals surface area contributed by atoms with E-state index in [-0.39, 0.29) is 5.82 Å². The minimum absolute atomic E-state index is 0.360. The molecule has 0 spiro atoms. The van der Waals surface area contributed by atoms with Gasteiger partial charge in [-0.25, -0.2) is 4.39 Å². The van der Waals surface area contributed by atoms with Crippen molar-refractivity contribution in [2.75, 3.05) is 7.11 Å². The first-order chi connectivity index (χ1) is 9.51. The summed E-state index contributed by atoms with van der Waals surface area (Å²) in [7, 11) is 1.60. The minimum atomic E-state index is -0.463. The molecule has 0 amide bonds. The van der Waals surface area contributed by atoms with Gasteiger partial charge in [0, 0.05) is 21.1 Å². The number of halogens is 3. The van der Waals surface area contributed by atoms with Gasteiger partial charge in [0.15, 0.2) is 0 Å². The Kier molecular flexibility index (Phi) is 5.02. The molecule has 0 heterocycles. The molecule has 1 unspecified atom stereocenters. The Balaban J connectivity index is 2.27. The van der Waals surface area contributed by atoms with Crippen LogP contribution in [0.5, 0.6) is 5.75 Å². The first-order valence-corrected chi connectivity index (χ1v) is 7.21. The molecule has 0 bridgehead atoms. The Morgan fingerprint density at radius 1 is 1.30 bits per heavy atom. The number of rotatable bonds is 4. The average Bonchev–Trinajstić information content (AvgIpc) is 2.38. The number of hydrogen-bond donors (Lipinski definition) is 1. The molecule has 2 aromatic rings. The van der Waals surface area contributed by atoms with E-state index >= 15 is 0 Å². The number of ether oxygens (including phenoxy) is 1. The Bertz CT molecular complexity index is 621. The van der Waals surface area contributed by atoms with Gasteiger partial charge in [-0.05, 0) is 42.3 Å². The molecule has 1 atom stereocenters. The van der Waals surface area contributed by atoms with Crippen molar-refractivity contribution in [3.63, 3.8) is 0 Å². The summed E-state index contributed by atoms with van der Waals surface area (Å²) in [5.41, 5.74) is 7.46. The van der Waals surface area contributed by atoms with Crippen molar-refractivity contribution in [3.05, 3.63) is 62.8 Å². The molecular formula is C15H14BrClFNO. The first kappa shape index (κ1) is 15.3. The molecule has 0 aromatic heterocycles. The van der Waals surface area contributed by atoms with E-state index in [0.717, 1.165) is 15.8 Å². The predicted octanol–water partition coefficient (Wildman–Crippen LogP) is 4.49. The Labute approximate surface area is 130 Å². The minimum Gasteiger partial charge on any atom is -0.496 e. The maximum Gasteiger partial charge on any atom is 0.129 e. The molecular weight excluding hydrogens is 345 g/mol. The van der Waals surface area contributed by atoms with Crippen LogP contribution in [-0.2, 0) is 6.42 Å². The number of benzene rings is 2. The second-order valence-electron chi connectivity index (χ2n) is 4.43. The summed E-state index contributed by atoms with van der Waals surface area (Å²) in [5.74, 6) is 0.344.